The summed E-state index contributed by atoms with van der Waals surface area (Å²) < 4.78 is 0. The Morgan fingerprint density at radius 2 is 2.08 bits per heavy atom. The minimum absolute atomic E-state index is 0. The average Bonchev–Trinajstić information content (AvgIpc) is 1.97. The highest BCUT2D eigenvalue weighted by atomic mass is 35.5. The van der Waals surface area contributed by atoms with Crippen LogP contribution in [0.3, 0.4) is 0 Å². The van der Waals surface area contributed by atoms with Crippen LogP contribution < -0.4 is 11.5 Å². The van der Waals surface area contributed by atoms with Gasteiger partial charge in [-0.2, -0.15) is 0 Å². The number of amides is 1. The van der Waals surface area contributed by atoms with Gasteiger partial charge < -0.3 is 16.4 Å². The van der Waals surface area contributed by atoms with E-state index < -0.39 is 0 Å². The first-order valence-electron chi connectivity index (χ1n) is 3.72. The predicted octanol–water partition coefficient (Wildman–Crippen LogP) is 0.824. The number of nitrogens with zero attached hydrogens (tertiary/aromatic N) is 1. The smallest absolute Gasteiger partial charge is 0.243 e. The summed E-state index contributed by atoms with van der Waals surface area (Å²) in [4.78, 5) is 12.7. The molecule has 4 nitrogen and oxygen atoms in total. The molecule has 0 bridgehead atoms. The summed E-state index contributed by atoms with van der Waals surface area (Å²) in [7, 11) is 4.02. The lowest BCUT2D eigenvalue weighted by atomic mass is 10.4. The average molecular weight is 210 g/mol. The van der Waals surface area contributed by atoms with E-state index in [1.807, 2.05) is 14.1 Å². The topological polar surface area (TPSA) is 67.3 Å². The Morgan fingerprint density at radius 3 is 2.46 bits per heavy atom. The summed E-state index contributed by atoms with van der Waals surface area (Å²) >= 11 is 0. The fraction of sp³-hybridized carbons (Fsp3) is 0.625. The van der Waals surface area contributed by atoms with Crippen LogP contribution in [0.15, 0.2) is 12.7 Å². The first kappa shape index (κ1) is 18.3. The molecule has 0 spiro atoms. The molecule has 0 aromatic heterocycles. The highest BCUT2D eigenvalue weighted by Crippen LogP contribution is 1.80. The Balaban J connectivity index is -0.000000500. The summed E-state index contributed by atoms with van der Waals surface area (Å²) in [5.41, 5.74) is 0. The van der Waals surface area contributed by atoms with Gasteiger partial charge in [0.15, 0.2) is 0 Å². The molecular weight excluding hydrogens is 190 g/mol. The summed E-state index contributed by atoms with van der Waals surface area (Å²) in [6.07, 6.45) is 2.27. The second kappa shape index (κ2) is 11.4. The van der Waals surface area contributed by atoms with Crippen molar-refractivity contribution in [2.24, 2.45) is 0 Å². The van der Waals surface area contributed by atoms with E-state index >= 15 is 0 Å². The van der Waals surface area contributed by atoms with Gasteiger partial charge in [-0.25, -0.2) is 0 Å². The third kappa shape index (κ3) is 14.3. The minimum Gasteiger partial charge on any atom is -0.353 e. The van der Waals surface area contributed by atoms with E-state index in [2.05, 4.69) is 16.8 Å². The van der Waals surface area contributed by atoms with Crippen LogP contribution in [0.1, 0.15) is 6.42 Å². The van der Waals surface area contributed by atoms with E-state index in [0.29, 0.717) is 0 Å². The molecule has 0 aliphatic rings. The third-order valence-corrected chi connectivity index (χ3v) is 1.27. The number of rotatable bonds is 5. The van der Waals surface area contributed by atoms with Gasteiger partial charge in [-0.3, -0.25) is 4.79 Å². The van der Waals surface area contributed by atoms with Crippen molar-refractivity contribution in [1.82, 2.24) is 16.4 Å². The molecule has 0 saturated carbocycles. The SMILES string of the molecule is C=CC(=O)NCCCN(C)C.Cl.N. The number of halogens is 1. The van der Waals surface area contributed by atoms with Crippen LogP contribution >= 0.6 is 12.4 Å². The fourth-order valence-corrected chi connectivity index (χ4v) is 0.679. The molecule has 0 radical (unpaired) electrons. The van der Waals surface area contributed by atoms with Crippen molar-refractivity contribution in [3.8, 4) is 0 Å². The zero-order chi connectivity index (χ0) is 8.69. The fourth-order valence-electron chi connectivity index (χ4n) is 0.679. The summed E-state index contributed by atoms with van der Waals surface area (Å²) in [5.74, 6) is -0.0937. The zero-order valence-corrected chi connectivity index (χ0v) is 9.19. The van der Waals surface area contributed by atoms with Crippen LogP contribution in [-0.2, 0) is 4.79 Å². The molecule has 0 aromatic carbocycles. The molecule has 0 rings (SSSR count). The molecule has 0 saturated heterocycles. The Morgan fingerprint density at radius 1 is 1.54 bits per heavy atom. The van der Waals surface area contributed by atoms with Crippen molar-refractivity contribution in [2.45, 2.75) is 6.42 Å². The van der Waals surface area contributed by atoms with Crippen molar-refractivity contribution in [3.05, 3.63) is 12.7 Å². The monoisotopic (exact) mass is 209 g/mol. The van der Waals surface area contributed by atoms with Gasteiger partial charge in [0.25, 0.3) is 0 Å². The second-order valence-corrected chi connectivity index (χ2v) is 2.65. The van der Waals surface area contributed by atoms with Gasteiger partial charge in [0.05, 0.1) is 0 Å². The van der Waals surface area contributed by atoms with Crippen LogP contribution in [0.2, 0.25) is 0 Å². The second-order valence-electron chi connectivity index (χ2n) is 2.65. The lowest BCUT2D eigenvalue weighted by Gasteiger charge is -2.08. The normalized spacial score (nSPS) is 8.23. The number of hydrogen-bond donors (Lipinski definition) is 2. The molecule has 0 atom stereocenters. The maximum absolute atomic E-state index is 10.6. The Hall–Kier alpha value is -0.580. The van der Waals surface area contributed by atoms with Crippen molar-refractivity contribution < 1.29 is 4.79 Å². The van der Waals surface area contributed by atoms with Crippen LogP contribution in [0.25, 0.3) is 0 Å². The quantitative estimate of drug-likeness (QED) is 0.521. The van der Waals surface area contributed by atoms with E-state index in [9.17, 15) is 4.79 Å². The first-order valence-corrected chi connectivity index (χ1v) is 3.72. The van der Waals surface area contributed by atoms with Gasteiger partial charge in [0, 0.05) is 6.54 Å². The predicted molar refractivity (Wildman–Crippen MR) is 58.6 cm³/mol. The van der Waals surface area contributed by atoms with Gasteiger partial charge in [0.2, 0.25) is 5.91 Å². The van der Waals surface area contributed by atoms with Crippen molar-refractivity contribution in [1.29, 1.82) is 0 Å². The Labute approximate surface area is 86.4 Å². The zero-order valence-electron chi connectivity index (χ0n) is 8.38. The van der Waals surface area contributed by atoms with Gasteiger partial charge in [-0.1, -0.05) is 6.58 Å². The lowest BCUT2D eigenvalue weighted by molar-refractivity contribution is -0.116. The summed E-state index contributed by atoms with van der Waals surface area (Å²) in [5, 5.41) is 2.70. The number of carbonyl (C=O) groups is 1. The summed E-state index contributed by atoms with van der Waals surface area (Å²) in [6, 6.07) is 0. The standard InChI is InChI=1S/C8H16N2O.ClH.H3N/c1-4-8(11)9-6-5-7-10(2)3;;/h4H,1,5-7H2,2-3H3,(H,9,11);1H;1H3. The molecule has 0 aliphatic carbocycles. The molecule has 0 aromatic rings. The van der Waals surface area contributed by atoms with Crippen molar-refractivity contribution in [2.75, 3.05) is 27.2 Å². The van der Waals surface area contributed by atoms with Crippen LogP contribution in [0.5, 0.6) is 0 Å². The molecule has 0 heterocycles. The molecule has 13 heavy (non-hydrogen) atoms. The highest BCUT2D eigenvalue weighted by molar-refractivity contribution is 5.86. The van der Waals surface area contributed by atoms with Crippen LogP contribution in [0.4, 0.5) is 0 Å². The molecule has 1 amide bonds. The number of hydrogen-bond acceptors (Lipinski definition) is 3. The molecular formula is C8H20ClN3O. The summed E-state index contributed by atoms with van der Waals surface area (Å²) in [6.45, 7) is 5.07. The molecule has 5 heteroatoms. The molecule has 4 N–H and O–H groups in total. The highest BCUT2D eigenvalue weighted by Gasteiger charge is 1.92. The number of nitrogens with one attached hydrogen (secondary N) is 1. The molecule has 0 aliphatic heterocycles. The minimum atomic E-state index is -0.0937. The number of carbonyl (C=O) groups excluding carboxylic acids is 1. The van der Waals surface area contributed by atoms with Gasteiger partial charge in [-0.05, 0) is 33.1 Å². The van der Waals surface area contributed by atoms with E-state index in [0.717, 1.165) is 19.5 Å². The molecule has 0 unspecified atom stereocenters. The molecule has 80 valence electrons. The van der Waals surface area contributed by atoms with Crippen molar-refractivity contribution in [3.63, 3.8) is 0 Å². The van der Waals surface area contributed by atoms with Crippen molar-refractivity contribution >= 4 is 18.3 Å². The third-order valence-electron chi connectivity index (χ3n) is 1.27. The first-order chi connectivity index (χ1) is 5.16. The lowest BCUT2D eigenvalue weighted by Crippen LogP contribution is -2.25. The van der Waals surface area contributed by atoms with E-state index in [-0.39, 0.29) is 24.5 Å². The Bertz CT molecular complexity index is 139. The van der Waals surface area contributed by atoms with E-state index in [4.69, 9.17) is 0 Å². The maximum atomic E-state index is 10.6. The van der Waals surface area contributed by atoms with Crippen LogP contribution in [0, 0.1) is 0 Å². The maximum Gasteiger partial charge on any atom is 0.243 e. The largest absolute Gasteiger partial charge is 0.353 e. The van der Waals surface area contributed by atoms with E-state index in [1.165, 1.54) is 6.08 Å². The van der Waals surface area contributed by atoms with Gasteiger partial charge in [-0.15, -0.1) is 12.4 Å². The van der Waals surface area contributed by atoms with Gasteiger partial charge >= 0.3 is 0 Å². The Kier molecular flexibility index (Phi) is 16.0. The van der Waals surface area contributed by atoms with E-state index in [1.54, 1.807) is 0 Å². The van der Waals surface area contributed by atoms with Crippen LogP contribution in [-0.4, -0.2) is 38.0 Å². The molecule has 0 fully saturated rings. The van der Waals surface area contributed by atoms with Gasteiger partial charge in [0.1, 0.15) is 0 Å².